The first-order chi connectivity index (χ1) is 10.8. The van der Waals surface area contributed by atoms with E-state index in [1.54, 1.807) is 0 Å². The normalized spacial score (nSPS) is 11.0. The summed E-state index contributed by atoms with van der Waals surface area (Å²) in [7, 11) is 0. The number of fused-ring (bicyclic) bond motifs is 1. The maximum atomic E-state index is 12.2. The molecule has 0 unspecified atom stereocenters. The number of imidazole rings is 1. The molecule has 0 saturated carbocycles. The molecule has 3 nitrogen and oxygen atoms in total. The van der Waals surface area contributed by atoms with Gasteiger partial charge in [-0.15, -0.1) is 0 Å². The summed E-state index contributed by atoms with van der Waals surface area (Å²) in [6, 6.07) is 17.6. The third-order valence-electron chi connectivity index (χ3n) is 3.49. The Morgan fingerprint density at radius 2 is 1.82 bits per heavy atom. The highest BCUT2D eigenvalue weighted by atomic mass is 32.2. The van der Waals surface area contributed by atoms with Crippen molar-refractivity contribution < 1.29 is 4.79 Å². The van der Waals surface area contributed by atoms with Crippen LogP contribution in [0.1, 0.15) is 23.7 Å². The van der Waals surface area contributed by atoms with Gasteiger partial charge < -0.3 is 4.57 Å². The number of hydrogen-bond donors (Lipinski definition) is 0. The molecule has 0 amide bonds. The highest BCUT2D eigenvalue weighted by Crippen LogP contribution is 2.25. The van der Waals surface area contributed by atoms with Gasteiger partial charge in [-0.05, 0) is 18.6 Å². The molecule has 22 heavy (non-hydrogen) atoms. The lowest BCUT2D eigenvalue weighted by Crippen LogP contribution is -2.04. The van der Waals surface area contributed by atoms with Gasteiger partial charge in [0.25, 0.3) is 0 Å². The van der Waals surface area contributed by atoms with Crippen molar-refractivity contribution in [1.82, 2.24) is 9.55 Å². The summed E-state index contributed by atoms with van der Waals surface area (Å²) >= 11 is 1.52. The minimum absolute atomic E-state index is 0.140. The zero-order chi connectivity index (χ0) is 15.4. The maximum absolute atomic E-state index is 12.2. The van der Waals surface area contributed by atoms with Crippen LogP contribution in [0.2, 0.25) is 0 Å². The van der Waals surface area contributed by atoms with Gasteiger partial charge in [0, 0.05) is 12.1 Å². The van der Waals surface area contributed by atoms with E-state index in [1.165, 1.54) is 11.8 Å². The van der Waals surface area contributed by atoms with Crippen molar-refractivity contribution in [3.05, 3.63) is 60.2 Å². The first-order valence-electron chi connectivity index (χ1n) is 7.46. The number of nitrogens with zero attached hydrogens (tertiary/aromatic N) is 2. The second-order valence-corrected chi connectivity index (χ2v) is 6.06. The Morgan fingerprint density at radius 3 is 2.59 bits per heavy atom. The third-order valence-corrected chi connectivity index (χ3v) is 4.47. The predicted molar refractivity (Wildman–Crippen MR) is 91.5 cm³/mol. The SMILES string of the molecule is CCCn1c(SCC(=O)c2ccccc2)nc2ccccc21. The topological polar surface area (TPSA) is 34.9 Å². The van der Waals surface area contributed by atoms with E-state index in [4.69, 9.17) is 0 Å². The number of aryl methyl sites for hydroxylation is 1. The quantitative estimate of drug-likeness (QED) is 0.499. The second-order valence-electron chi connectivity index (χ2n) is 5.11. The minimum atomic E-state index is 0.140. The summed E-state index contributed by atoms with van der Waals surface area (Å²) in [6.45, 7) is 3.07. The molecule has 1 aromatic heterocycles. The number of carbonyl (C=O) groups excluding carboxylic acids is 1. The van der Waals surface area contributed by atoms with Gasteiger partial charge >= 0.3 is 0 Å². The Morgan fingerprint density at radius 1 is 1.09 bits per heavy atom. The first-order valence-corrected chi connectivity index (χ1v) is 8.44. The van der Waals surface area contributed by atoms with Gasteiger partial charge in [0.2, 0.25) is 0 Å². The molecular formula is C18H18N2OS. The molecule has 3 aromatic rings. The van der Waals surface area contributed by atoms with Crippen LogP contribution in [0.15, 0.2) is 59.8 Å². The van der Waals surface area contributed by atoms with E-state index in [-0.39, 0.29) is 5.78 Å². The average Bonchev–Trinajstić information content (AvgIpc) is 2.92. The Hall–Kier alpha value is -2.07. The Kier molecular flexibility index (Phi) is 4.59. The van der Waals surface area contributed by atoms with Crippen molar-refractivity contribution in [2.45, 2.75) is 25.0 Å². The number of thioether (sulfide) groups is 1. The highest BCUT2D eigenvalue weighted by Gasteiger charge is 2.13. The van der Waals surface area contributed by atoms with Crippen LogP contribution in [0.5, 0.6) is 0 Å². The van der Waals surface area contributed by atoms with E-state index >= 15 is 0 Å². The number of Topliss-reactive ketones (excluding diaryl/α,β-unsaturated/α-hetero) is 1. The Balaban J connectivity index is 1.81. The predicted octanol–water partition coefficient (Wildman–Crippen LogP) is 4.42. The van der Waals surface area contributed by atoms with Crippen molar-refractivity contribution in [2.75, 3.05) is 5.75 Å². The third kappa shape index (κ3) is 3.07. The van der Waals surface area contributed by atoms with E-state index in [0.29, 0.717) is 5.75 Å². The molecule has 0 radical (unpaired) electrons. The van der Waals surface area contributed by atoms with Crippen molar-refractivity contribution in [2.24, 2.45) is 0 Å². The summed E-state index contributed by atoms with van der Waals surface area (Å²) in [5.74, 6) is 0.553. The van der Waals surface area contributed by atoms with Gasteiger partial charge in [-0.2, -0.15) is 0 Å². The van der Waals surface area contributed by atoms with Crippen molar-refractivity contribution in [3.63, 3.8) is 0 Å². The smallest absolute Gasteiger partial charge is 0.173 e. The van der Waals surface area contributed by atoms with Crippen LogP contribution < -0.4 is 0 Å². The fraction of sp³-hybridized carbons (Fsp3) is 0.222. The van der Waals surface area contributed by atoms with E-state index < -0.39 is 0 Å². The monoisotopic (exact) mass is 310 g/mol. The van der Waals surface area contributed by atoms with E-state index in [2.05, 4.69) is 22.5 Å². The molecule has 0 aliphatic rings. The van der Waals surface area contributed by atoms with Crippen LogP contribution in [-0.2, 0) is 6.54 Å². The van der Waals surface area contributed by atoms with E-state index in [9.17, 15) is 4.79 Å². The van der Waals surface area contributed by atoms with Gasteiger partial charge in [-0.1, -0.05) is 61.2 Å². The van der Waals surface area contributed by atoms with Crippen LogP contribution >= 0.6 is 11.8 Å². The molecule has 3 rings (SSSR count). The summed E-state index contributed by atoms with van der Waals surface area (Å²) in [5, 5.41) is 0.923. The van der Waals surface area contributed by atoms with Crippen molar-refractivity contribution in [1.29, 1.82) is 0 Å². The second kappa shape index (κ2) is 6.79. The van der Waals surface area contributed by atoms with Gasteiger partial charge in [0.05, 0.1) is 16.8 Å². The molecule has 1 heterocycles. The Bertz CT molecular complexity index is 780. The number of ketones is 1. The Labute approximate surface area is 134 Å². The number of carbonyl (C=O) groups is 1. The van der Waals surface area contributed by atoms with Crippen LogP contribution in [0.25, 0.3) is 11.0 Å². The number of hydrogen-bond acceptors (Lipinski definition) is 3. The summed E-state index contributed by atoms with van der Waals surface area (Å²) in [5.41, 5.74) is 2.89. The highest BCUT2D eigenvalue weighted by molar-refractivity contribution is 7.99. The zero-order valence-electron chi connectivity index (χ0n) is 12.5. The molecular weight excluding hydrogens is 292 g/mol. The first kappa shape index (κ1) is 14.9. The molecule has 0 saturated heterocycles. The summed E-state index contributed by atoms with van der Waals surface area (Å²) in [6.07, 6.45) is 1.04. The largest absolute Gasteiger partial charge is 0.319 e. The van der Waals surface area contributed by atoms with Crippen LogP contribution in [-0.4, -0.2) is 21.1 Å². The van der Waals surface area contributed by atoms with E-state index in [1.807, 2.05) is 48.5 Å². The fourth-order valence-electron chi connectivity index (χ4n) is 2.44. The lowest BCUT2D eigenvalue weighted by molar-refractivity contribution is 0.102. The zero-order valence-corrected chi connectivity index (χ0v) is 13.3. The fourth-order valence-corrected chi connectivity index (χ4v) is 3.38. The number of benzene rings is 2. The van der Waals surface area contributed by atoms with Crippen molar-refractivity contribution in [3.8, 4) is 0 Å². The lowest BCUT2D eigenvalue weighted by Gasteiger charge is -2.07. The summed E-state index contributed by atoms with van der Waals surface area (Å²) < 4.78 is 2.21. The molecule has 0 aliphatic carbocycles. The van der Waals surface area contributed by atoms with E-state index in [0.717, 1.165) is 34.7 Å². The lowest BCUT2D eigenvalue weighted by atomic mass is 10.2. The maximum Gasteiger partial charge on any atom is 0.173 e. The van der Waals surface area contributed by atoms with Crippen LogP contribution in [0.4, 0.5) is 0 Å². The van der Waals surface area contributed by atoms with Gasteiger partial charge in [0.15, 0.2) is 10.9 Å². The van der Waals surface area contributed by atoms with Gasteiger partial charge in [0.1, 0.15) is 0 Å². The number of para-hydroxylation sites is 2. The summed E-state index contributed by atoms with van der Waals surface area (Å²) in [4.78, 5) is 16.9. The number of rotatable bonds is 6. The standard InChI is InChI=1S/C18H18N2OS/c1-2-12-20-16-11-7-6-10-15(16)19-18(20)22-13-17(21)14-8-4-3-5-9-14/h3-11H,2,12-13H2,1H3. The molecule has 0 bridgehead atoms. The van der Waals surface area contributed by atoms with Gasteiger partial charge in [-0.3, -0.25) is 4.79 Å². The molecule has 0 atom stereocenters. The van der Waals surface area contributed by atoms with Crippen LogP contribution in [0, 0.1) is 0 Å². The van der Waals surface area contributed by atoms with Crippen LogP contribution in [0.3, 0.4) is 0 Å². The molecule has 112 valence electrons. The average molecular weight is 310 g/mol. The molecule has 0 fully saturated rings. The molecule has 4 heteroatoms. The molecule has 0 aliphatic heterocycles. The minimum Gasteiger partial charge on any atom is -0.319 e. The molecule has 0 N–H and O–H groups in total. The van der Waals surface area contributed by atoms with Crippen molar-refractivity contribution >= 4 is 28.6 Å². The molecule has 0 spiro atoms. The van der Waals surface area contributed by atoms with Gasteiger partial charge in [-0.25, -0.2) is 4.98 Å². The molecule has 2 aromatic carbocycles. The number of aromatic nitrogens is 2.